The first kappa shape index (κ1) is 12.1. The predicted octanol–water partition coefficient (Wildman–Crippen LogP) is 0.265. The normalized spacial score (nSPS) is 17.4. The van der Waals surface area contributed by atoms with Crippen LogP contribution in [-0.4, -0.2) is 48.7 Å². The summed E-state index contributed by atoms with van der Waals surface area (Å²) >= 11 is 0. The number of carbonyl (C=O) groups is 1. The molecule has 0 aromatic heterocycles. The van der Waals surface area contributed by atoms with Crippen molar-refractivity contribution in [3.05, 3.63) is 35.4 Å². The molecule has 2 N–H and O–H groups in total. The fourth-order valence-corrected chi connectivity index (χ4v) is 1.94. The molecule has 0 bridgehead atoms. The van der Waals surface area contributed by atoms with E-state index in [1.165, 1.54) is 0 Å². The SMILES string of the molecule is CN(C)C(=O)c1ccc(CC2(O)CNC2)cc1. The third-order valence-corrected chi connectivity index (χ3v) is 3.05. The highest BCUT2D eigenvalue weighted by atomic mass is 16.3. The van der Waals surface area contributed by atoms with E-state index in [1.807, 2.05) is 24.3 Å². The number of carbonyl (C=O) groups excluding carboxylic acids is 1. The van der Waals surface area contributed by atoms with Gasteiger partial charge in [0.1, 0.15) is 0 Å². The van der Waals surface area contributed by atoms with Gasteiger partial charge >= 0.3 is 0 Å². The van der Waals surface area contributed by atoms with Gasteiger partial charge < -0.3 is 15.3 Å². The molecular formula is C13H18N2O2. The lowest BCUT2D eigenvalue weighted by molar-refractivity contribution is -0.00901. The van der Waals surface area contributed by atoms with Gasteiger partial charge in [0.2, 0.25) is 0 Å². The first-order chi connectivity index (χ1) is 8.00. The van der Waals surface area contributed by atoms with Crippen molar-refractivity contribution < 1.29 is 9.90 Å². The summed E-state index contributed by atoms with van der Waals surface area (Å²) in [6.07, 6.45) is 0.635. The fourth-order valence-electron chi connectivity index (χ4n) is 1.94. The summed E-state index contributed by atoms with van der Waals surface area (Å²) in [5, 5.41) is 13.0. The van der Waals surface area contributed by atoms with Crippen molar-refractivity contribution in [1.29, 1.82) is 0 Å². The number of hydrogen-bond acceptors (Lipinski definition) is 3. The molecule has 17 heavy (non-hydrogen) atoms. The average molecular weight is 234 g/mol. The highest BCUT2D eigenvalue weighted by molar-refractivity contribution is 5.93. The monoisotopic (exact) mass is 234 g/mol. The zero-order valence-electron chi connectivity index (χ0n) is 10.2. The van der Waals surface area contributed by atoms with Gasteiger partial charge in [-0.1, -0.05) is 12.1 Å². The number of β-amino-alcohol motifs (C(OH)–C–C–N with tert-alkyl or cyclic N) is 1. The second-order valence-corrected chi connectivity index (χ2v) is 4.90. The Kier molecular flexibility index (Phi) is 3.17. The fraction of sp³-hybridized carbons (Fsp3) is 0.462. The molecule has 4 nitrogen and oxygen atoms in total. The molecule has 1 aromatic carbocycles. The van der Waals surface area contributed by atoms with Crippen LogP contribution in [0.3, 0.4) is 0 Å². The van der Waals surface area contributed by atoms with Gasteiger partial charge in [0.15, 0.2) is 0 Å². The van der Waals surface area contributed by atoms with Crippen LogP contribution < -0.4 is 5.32 Å². The lowest BCUT2D eigenvalue weighted by atomic mass is 9.89. The molecule has 0 atom stereocenters. The largest absolute Gasteiger partial charge is 0.387 e. The van der Waals surface area contributed by atoms with E-state index in [-0.39, 0.29) is 5.91 Å². The molecule has 0 aliphatic carbocycles. The molecule has 4 heteroatoms. The zero-order chi connectivity index (χ0) is 12.5. The lowest BCUT2D eigenvalue weighted by Gasteiger charge is -2.37. The van der Waals surface area contributed by atoms with Gasteiger partial charge in [-0.2, -0.15) is 0 Å². The molecule has 1 saturated heterocycles. The Morgan fingerprint density at radius 1 is 1.35 bits per heavy atom. The van der Waals surface area contributed by atoms with Gasteiger partial charge in [0.25, 0.3) is 5.91 Å². The topological polar surface area (TPSA) is 52.6 Å². The Labute approximate surface area is 101 Å². The number of nitrogens with one attached hydrogen (secondary N) is 1. The molecular weight excluding hydrogens is 216 g/mol. The summed E-state index contributed by atoms with van der Waals surface area (Å²) < 4.78 is 0. The van der Waals surface area contributed by atoms with E-state index < -0.39 is 5.60 Å². The maximum atomic E-state index is 11.7. The Balaban J connectivity index is 2.05. The standard InChI is InChI=1S/C13H18N2O2/c1-15(2)12(16)11-5-3-10(4-6-11)7-13(17)8-14-9-13/h3-6,14,17H,7-9H2,1-2H3. The number of benzene rings is 1. The van der Waals surface area contributed by atoms with Crippen LogP contribution in [0.15, 0.2) is 24.3 Å². The quantitative estimate of drug-likeness (QED) is 0.789. The van der Waals surface area contributed by atoms with Gasteiger partial charge in [-0.25, -0.2) is 0 Å². The third-order valence-electron chi connectivity index (χ3n) is 3.05. The van der Waals surface area contributed by atoms with Gasteiger partial charge in [0.05, 0.1) is 5.60 Å². The summed E-state index contributed by atoms with van der Waals surface area (Å²) in [4.78, 5) is 13.2. The van der Waals surface area contributed by atoms with Crippen molar-refractivity contribution in [2.24, 2.45) is 0 Å². The molecule has 0 spiro atoms. The number of amides is 1. The highest BCUT2D eigenvalue weighted by Crippen LogP contribution is 2.18. The van der Waals surface area contributed by atoms with Crippen molar-refractivity contribution in [1.82, 2.24) is 10.2 Å². The van der Waals surface area contributed by atoms with E-state index in [1.54, 1.807) is 19.0 Å². The minimum atomic E-state index is -0.604. The van der Waals surface area contributed by atoms with Gasteiger partial charge in [-0.15, -0.1) is 0 Å². The van der Waals surface area contributed by atoms with Crippen LogP contribution in [0.1, 0.15) is 15.9 Å². The Hall–Kier alpha value is -1.39. The summed E-state index contributed by atoms with van der Waals surface area (Å²) in [5.41, 5.74) is 1.13. The van der Waals surface area contributed by atoms with Crippen LogP contribution in [0, 0.1) is 0 Å². The van der Waals surface area contributed by atoms with E-state index >= 15 is 0 Å². The summed E-state index contributed by atoms with van der Waals surface area (Å²) in [5.74, 6) is 0.000530. The number of hydrogen-bond donors (Lipinski definition) is 2. The van der Waals surface area contributed by atoms with E-state index in [9.17, 15) is 9.90 Å². The minimum absolute atomic E-state index is 0.000530. The molecule has 2 rings (SSSR count). The number of rotatable bonds is 3. The van der Waals surface area contributed by atoms with Crippen LogP contribution in [0.2, 0.25) is 0 Å². The Morgan fingerprint density at radius 3 is 2.35 bits per heavy atom. The van der Waals surface area contributed by atoms with Crippen molar-refractivity contribution in [3.63, 3.8) is 0 Å². The Bertz CT molecular complexity index is 408. The van der Waals surface area contributed by atoms with Gasteiger partial charge in [0, 0.05) is 39.2 Å². The van der Waals surface area contributed by atoms with Crippen molar-refractivity contribution >= 4 is 5.91 Å². The zero-order valence-corrected chi connectivity index (χ0v) is 10.2. The first-order valence-corrected chi connectivity index (χ1v) is 5.74. The maximum absolute atomic E-state index is 11.7. The summed E-state index contributed by atoms with van der Waals surface area (Å²) in [6, 6.07) is 7.44. The predicted molar refractivity (Wildman–Crippen MR) is 66.0 cm³/mol. The second kappa shape index (κ2) is 4.47. The molecule has 1 aliphatic heterocycles. The van der Waals surface area contributed by atoms with E-state index in [4.69, 9.17) is 0 Å². The van der Waals surface area contributed by atoms with Crippen molar-refractivity contribution in [2.75, 3.05) is 27.2 Å². The number of nitrogens with zero attached hydrogens (tertiary/aromatic N) is 1. The molecule has 0 saturated carbocycles. The lowest BCUT2D eigenvalue weighted by Crippen LogP contribution is -2.60. The van der Waals surface area contributed by atoms with Crippen molar-refractivity contribution in [3.8, 4) is 0 Å². The molecule has 0 unspecified atom stereocenters. The van der Waals surface area contributed by atoms with Crippen LogP contribution in [0.4, 0.5) is 0 Å². The first-order valence-electron chi connectivity index (χ1n) is 5.74. The third kappa shape index (κ3) is 2.65. The van der Waals surface area contributed by atoms with Gasteiger partial charge in [-0.3, -0.25) is 4.79 Å². The molecule has 0 radical (unpaired) electrons. The second-order valence-electron chi connectivity index (χ2n) is 4.90. The number of aliphatic hydroxyl groups is 1. The molecule has 92 valence electrons. The average Bonchev–Trinajstić information content (AvgIpc) is 2.27. The Morgan fingerprint density at radius 2 is 1.94 bits per heavy atom. The van der Waals surface area contributed by atoms with Crippen LogP contribution >= 0.6 is 0 Å². The van der Waals surface area contributed by atoms with E-state index in [0.29, 0.717) is 25.1 Å². The molecule has 1 aliphatic rings. The minimum Gasteiger partial charge on any atom is -0.387 e. The summed E-state index contributed by atoms with van der Waals surface area (Å²) in [6.45, 7) is 1.29. The van der Waals surface area contributed by atoms with E-state index in [2.05, 4.69) is 5.32 Å². The molecule has 1 aromatic rings. The van der Waals surface area contributed by atoms with Crippen LogP contribution in [-0.2, 0) is 6.42 Å². The van der Waals surface area contributed by atoms with Gasteiger partial charge in [-0.05, 0) is 17.7 Å². The summed E-state index contributed by atoms with van der Waals surface area (Å²) in [7, 11) is 3.47. The maximum Gasteiger partial charge on any atom is 0.253 e. The highest BCUT2D eigenvalue weighted by Gasteiger charge is 2.34. The van der Waals surface area contributed by atoms with Crippen LogP contribution in [0.25, 0.3) is 0 Å². The molecule has 1 fully saturated rings. The van der Waals surface area contributed by atoms with Crippen molar-refractivity contribution in [2.45, 2.75) is 12.0 Å². The molecule has 1 amide bonds. The molecule has 1 heterocycles. The van der Waals surface area contributed by atoms with Crippen LogP contribution in [0.5, 0.6) is 0 Å². The smallest absolute Gasteiger partial charge is 0.253 e. The van der Waals surface area contributed by atoms with E-state index in [0.717, 1.165) is 5.56 Å².